The van der Waals surface area contributed by atoms with Gasteiger partial charge in [0.25, 0.3) is 11.8 Å². The zero-order valence-electron chi connectivity index (χ0n) is 21.4. The van der Waals surface area contributed by atoms with E-state index in [4.69, 9.17) is 16.3 Å². The van der Waals surface area contributed by atoms with E-state index in [0.717, 1.165) is 12.2 Å². The molecule has 2 heterocycles. The number of halogens is 1. The average molecular weight is 560 g/mol. The maximum absolute atomic E-state index is 13.0. The maximum atomic E-state index is 13.0. The number of anilines is 1. The highest BCUT2D eigenvalue weighted by molar-refractivity contribution is 6.17. The van der Waals surface area contributed by atoms with Gasteiger partial charge in [-0.05, 0) is 73.5 Å². The van der Waals surface area contributed by atoms with Crippen molar-refractivity contribution in [2.45, 2.75) is 31.8 Å². The number of rotatable bonds is 9. The van der Waals surface area contributed by atoms with Crippen molar-refractivity contribution >= 4 is 52.3 Å². The van der Waals surface area contributed by atoms with E-state index in [0.29, 0.717) is 46.2 Å². The minimum atomic E-state index is -0.727. The molecular formula is C29H26ClN5O5. The lowest BCUT2D eigenvalue weighted by Crippen LogP contribution is -2.52. The van der Waals surface area contributed by atoms with Crippen molar-refractivity contribution in [2.24, 2.45) is 10.2 Å². The van der Waals surface area contributed by atoms with Gasteiger partial charge >= 0.3 is 0 Å². The molecule has 2 N–H and O–H groups in total. The summed E-state index contributed by atoms with van der Waals surface area (Å²) in [6, 6.07) is 18.2. The van der Waals surface area contributed by atoms with Crippen LogP contribution in [-0.4, -0.2) is 47.1 Å². The van der Waals surface area contributed by atoms with E-state index in [-0.39, 0.29) is 37.1 Å². The van der Waals surface area contributed by atoms with Gasteiger partial charge in [0.2, 0.25) is 11.8 Å². The molecule has 3 aromatic carbocycles. The van der Waals surface area contributed by atoms with Gasteiger partial charge in [0.15, 0.2) is 0 Å². The molecular weight excluding hydrogens is 534 g/mol. The first kappa shape index (κ1) is 27.0. The van der Waals surface area contributed by atoms with E-state index >= 15 is 0 Å². The van der Waals surface area contributed by atoms with E-state index in [1.165, 1.54) is 4.90 Å². The van der Waals surface area contributed by atoms with Crippen LogP contribution in [-0.2, 0) is 16.1 Å². The third-order valence-corrected chi connectivity index (χ3v) is 6.89. The average Bonchev–Trinajstić information content (AvgIpc) is 3.30. The Bertz CT molecular complexity index is 1470. The predicted octanol–water partition coefficient (Wildman–Crippen LogP) is 5.12. The molecule has 2 aliphatic heterocycles. The van der Waals surface area contributed by atoms with Gasteiger partial charge in [0, 0.05) is 41.2 Å². The lowest BCUT2D eigenvalue weighted by atomic mass is 10.0. The van der Waals surface area contributed by atoms with Crippen LogP contribution in [0.4, 0.5) is 17.1 Å². The molecule has 0 aromatic heterocycles. The summed E-state index contributed by atoms with van der Waals surface area (Å²) in [6.45, 7) is 0.715. The predicted molar refractivity (Wildman–Crippen MR) is 148 cm³/mol. The fraction of sp³-hybridized carbons (Fsp3) is 0.241. The number of amides is 4. The largest absolute Gasteiger partial charge is 0.494 e. The number of piperidine rings is 1. The second-order valence-electron chi connectivity index (χ2n) is 9.32. The standard InChI is InChI=1S/C29H26ClN5O5/c30-15-2-16-40-21-11-9-20(10-12-21)34-33-19-7-5-18(6-8-19)27(37)31-24-4-1-3-22-23(24)17-35(29(22)39)25-13-14-26(36)32-28(25)38/h1,3-12,25H,2,13-17H2,(H,31,37)(H,32,36,38). The van der Waals surface area contributed by atoms with Crippen LogP contribution in [0.2, 0.25) is 0 Å². The molecule has 1 saturated heterocycles. The molecule has 2 aliphatic rings. The summed E-state index contributed by atoms with van der Waals surface area (Å²) < 4.78 is 5.57. The van der Waals surface area contributed by atoms with Crippen LogP contribution >= 0.6 is 11.6 Å². The minimum absolute atomic E-state index is 0.163. The molecule has 1 fully saturated rings. The van der Waals surface area contributed by atoms with Crippen molar-refractivity contribution in [3.63, 3.8) is 0 Å². The molecule has 5 rings (SSSR count). The number of fused-ring (bicyclic) bond motifs is 1. The Morgan fingerprint density at radius 2 is 1.70 bits per heavy atom. The van der Waals surface area contributed by atoms with Gasteiger partial charge in [0.05, 0.1) is 18.0 Å². The van der Waals surface area contributed by atoms with E-state index in [1.54, 1.807) is 54.6 Å². The number of alkyl halides is 1. The van der Waals surface area contributed by atoms with Crippen molar-refractivity contribution in [1.29, 1.82) is 0 Å². The first-order valence-electron chi connectivity index (χ1n) is 12.8. The zero-order chi connectivity index (χ0) is 28.1. The van der Waals surface area contributed by atoms with Gasteiger partial charge in [-0.3, -0.25) is 24.5 Å². The van der Waals surface area contributed by atoms with E-state index in [1.807, 2.05) is 12.1 Å². The normalized spacial score (nSPS) is 16.7. The molecule has 11 heteroatoms. The third-order valence-electron chi connectivity index (χ3n) is 6.62. The Balaban J connectivity index is 1.22. The molecule has 40 heavy (non-hydrogen) atoms. The van der Waals surface area contributed by atoms with Crippen LogP contribution in [0, 0.1) is 0 Å². The Morgan fingerprint density at radius 3 is 2.38 bits per heavy atom. The monoisotopic (exact) mass is 559 g/mol. The molecule has 3 aromatic rings. The molecule has 0 saturated carbocycles. The van der Waals surface area contributed by atoms with E-state index in [2.05, 4.69) is 20.9 Å². The molecule has 0 aliphatic carbocycles. The summed E-state index contributed by atoms with van der Waals surface area (Å²) >= 11 is 5.66. The van der Waals surface area contributed by atoms with Crippen molar-refractivity contribution in [3.8, 4) is 5.75 Å². The van der Waals surface area contributed by atoms with Crippen molar-refractivity contribution in [2.75, 3.05) is 17.8 Å². The highest BCUT2D eigenvalue weighted by atomic mass is 35.5. The molecule has 0 bridgehead atoms. The molecule has 1 unspecified atom stereocenters. The Hall–Kier alpha value is -4.57. The third kappa shape index (κ3) is 6.02. The summed E-state index contributed by atoms with van der Waals surface area (Å²) in [7, 11) is 0. The number of benzene rings is 3. The number of hydrogen-bond donors (Lipinski definition) is 2. The number of hydrogen-bond acceptors (Lipinski definition) is 7. The second kappa shape index (κ2) is 12.1. The van der Waals surface area contributed by atoms with E-state index < -0.39 is 11.9 Å². The van der Waals surface area contributed by atoms with Crippen molar-refractivity contribution in [3.05, 3.63) is 83.4 Å². The minimum Gasteiger partial charge on any atom is -0.494 e. The second-order valence-corrected chi connectivity index (χ2v) is 9.70. The van der Waals surface area contributed by atoms with Gasteiger partial charge in [-0.15, -0.1) is 11.6 Å². The summed E-state index contributed by atoms with van der Waals surface area (Å²) in [5.74, 6) is -0.199. The van der Waals surface area contributed by atoms with Crippen LogP contribution in [0.5, 0.6) is 5.75 Å². The molecule has 0 radical (unpaired) electrons. The van der Waals surface area contributed by atoms with Gasteiger partial charge in [-0.25, -0.2) is 0 Å². The topological polar surface area (TPSA) is 130 Å². The van der Waals surface area contributed by atoms with Gasteiger partial charge in [0.1, 0.15) is 11.8 Å². The molecule has 204 valence electrons. The summed E-state index contributed by atoms with van der Waals surface area (Å²) in [6.07, 6.45) is 1.21. The van der Waals surface area contributed by atoms with Crippen LogP contribution in [0.3, 0.4) is 0 Å². The Morgan fingerprint density at radius 1 is 1.00 bits per heavy atom. The maximum Gasteiger partial charge on any atom is 0.255 e. The van der Waals surface area contributed by atoms with Crippen molar-refractivity contribution < 1.29 is 23.9 Å². The number of azo groups is 1. The smallest absolute Gasteiger partial charge is 0.255 e. The number of nitrogens with zero attached hydrogens (tertiary/aromatic N) is 3. The number of carbonyl (C=O) groups excluding carboxylic acids is 4. The van der Waals surface area contributed by atoms with Crippen LogP contribution in [0.25, 0.3) is 0 Å². The summed E-state index contributed by atoms with van der Waals surface area (Å²) in [5, 5.41) is 13.6. The Kier molecular flexibility index (Phi) is 8.16. The summed E-state index contributed by atoms with van der Waals surface area (Å²) in [5.41, 5.74) is 3.18. The van der Waals surface area contributed by atoms with Gasteiger partial charge < -0.3 is 15.0 Å². The van der Waals surface area contributed by atoms with Crippen LogP contribution < -0.4 is 15.4 Å². The lowest BCUT2D eigenvalue weighted by Gasteiger charge is -2.29. The quantitative estimate of drug-likeness (QED) is 0.163. The highest BCUT2D eigenvalue weighted by Gasteiger charge is 2.40. The highest BCUT2D eigenvalue weighted by Crippen LogP contribution is 2.32. The Labute approximate surface area is 235 Å². The van der Waals surface area contributed by atoms with Crippen LogP contribution in [0.15, 0.2) is 77.0 Å². The zero-order valence-corrected chi connectivity index (χ0v) is 22.2. The molecule has 4 amide bonds. The number of nitrogens with one attached hydrogen (secondary N) is 2. The first-order chi connectivity index (χ1) is 19.4. The van der Waals surface area contributed by atoms with Crippen molar-refractivity contribution in [1.82, 2.24) is 10.2 Å². The molecule has 0 spiro atoms. The number of carbonyl (C=O) groups is 4. The first-order valence-corrected chi connectivity index (χ1v) is 13.3. The fourth-order valence-corrected chi connectivity index (χ4v) is 4.65. The SMILES string of the molecule is O=C1CCC(N2Cc3c(NC(=O)c4ccc(N=Nc5ccc(OCCCCl)cc5)cc4)cccc3C2=O)C(=O)N1. The summed E-state index contributed by atoms with van der Waals surface area (Å²) in [4.78, 5) is 51.3. The number of ether oxygens (including phenoxy) is 1. The fourth-order valence-electron chi connectivity index (χ4n) is 4.55. The van der Waals surface area contributed by atoms with Crippen LogP contribution in [0.1, 0.15) is 45.5 Å². The van der Waals surface area contributed by atoms with Gasteiger partial charge in [-0.1, -0.05) is 6.07 Å². The van der Waals surface area contributed by atoms with Gasteiger partial charge in [-0.2, -0.15) is 10.2 Å². The molecule has 1 atom stereocenters. The molecule has 10 nitrogen and oxygen atoms in total. The lowest BCUT2D eigenvalue weighted by molar-refractivity contribution is -0.136. The van der Waals surface area contributed by atoms with E-state index in [9.17, 15) is 19.2 Å². The number of imide groups is 1.